The van der Waals surface area contributed by atoms with Gasteiger partial charge in [0.05, 0.1) is 22.8 Å². The number of aromatic nitrogens is 2. The number of H-pyrrole nitrogens is 1. The standard InChI is InChI=1S/C16H17N3OS/c1-10(2)20-15-9-11(7-8-12(15)17)21-16-18-13-5-3-4-6-14(13)19-16/h3-10H,17H2,1-2H3,(H,18,19). The third kappa shape index (κ3) is 3.13. The van der Waals surface area contributed by atoms with E-state index in [1.165, 1.54) is 0 Å². The molecule has 0 saturated heterocycles. The highest BCUT2D eigenvalue weighted by Crippen LogP contribution is 2.33. The van der Waals surface area contributed by atoms with Crippen LogP contribution in [0.2, 0.25) is 0 Å². The number of hydrogen-bond acceptors (Lipinski definition) is 4. The van der Waals surface area contributed by atoms with Gasteiger partial charge >= 0.3 is 0 Å². The molecule has 108 valence electrons. The molecule has 0 saturated carbocycles. The second kappa shape index (κ2) is 5.69. The molecule has 1 aromatic heterocycles. The topological polar surface area (TPSA) is 63.9 Å². The van der Waals surface area contributed by atoms with Crippen LogP contribution in [0.4, 0.5) is 5.69 Å². The number of nitrogens with two attached hydrogens (primary N) is 1. The van der Waals surface area contributed by atoms with Crippen LogP contribution < -0.4 is 10.5 Å². The number of nitrogens with zero attached hydrogens (tertiary/aromatic N) is 1. The van der Waals surface area contributed by atoms with Crippen LogP contribution in [0.5, 0.6) is 5.75 Å². The SMILES string of the molecule is CC(C)Oc1cc(Sc2nc3ccccc3[nH]2)ccc1N. The van der Waals surface area contributed by atoms with Crippen LogP contribution in [-0.2, 0) is 0 Å². The second-order valence-electron chi connectivity index (χ2n) is 5.03. The van der Waals surface area contributed by atoms with E-state index in [2.05, 4.69) is 9.97 Å². The van der Waals surface area contributed by atoms with Crippen molar-refractivity contribution in [2.24, 2.45) is 0 Å². The predicted octanol–water partition coefficient (Wildman–Crippen LogP) is 4.08. The maximum Gasteiger partial charge on any atom is 0.171 e. The fraction of sp³-hybridized carbons (Fsp3) is 0.188. The number of fused-ring (bicyclic) bond motifs is 1. The smallest absolute Gasteiger partial charge is 0.171 e. The van der Waals surface area contributed by atoms with E-state index in [-0.39, 0.29) is 6.10 Å². The van der Waals surface area contributed by atoms with Crippen LogP contribution in [0.3, 0.4) is 0 Å². The summed E-state index contributed by atoms with van der Waals surface area (Å²) in [7, 11) is 0. The van der Waals surface area contributed by atoms with Crippen LogP contribution in [-0.4, -0.2) is 16.1 Å². The van der Waals surface area contributed by atoms with Gasteiger partial charge in [0.2, 0.25) is 0 Å². The third-order valence-electron chi connectivity index (χ3n) is 2.93. The van der Waals surface area contributed by atoms with Crippen LogP contribution in [0, 0.1) is 0 Å². The molecule has 3 rings (SSSR count). The van der Waals surface area contributed by atoms with E-state index < -0.39 is 0 Å². The van der Waals surface area contributed by atoms with Gasteiger partial charge in [0.15, 0.2) is 5.16 Å². The van der Waals surface area contributed by atoms with E-state index in [0.29, 0.717) is 11.4 Å². The first-order valence-electron chi connectivity index (χ1n) is 6.80. The average molecular weight is 299 g/mol. The summed E-state index contributed by atoms with van der Waals surface area (Å²) in [5.74, 6) is 0.714. The normalized spacial score (nSPS) is 11.2. The molecule has 0 aliphatic heterocycles. The zero-order valence-corrected chi connectivity index (χ0v) is 12.8. The van der Waals surface area contributed by atoms with Crippen molar-refractivity contribution in [1.82, 2.24) is 9.97 Å². The van der Waals surface area contributed by atoms with Gasteiger partial charge in [-0.05, 0) is 44.2 Å². The largest absolute Gasteiger partial charge is 0.489 e. The zero-order valence-electron chi connectivity index (χ0n) is 12.0. The molecule has 2 aromatic carbocycles. The van der Waals surface area contributed by atoms with Crippen LogP contribution in [0.1, 0.15) is 13.8 Å². The minimum absolute atomic E-state index is 0.0961. The Morgan fingerprint density at radius 1 is 1.19 bits per heavy atom. The number of hydrogen-bond donors (Lipinski definition) is 2. The highest BCUT2D eigenvalue weighted by Gasteiger charge is 2.08. The van der Waals surface area contributed by atoms with Gasteiger partial charge < -0.3 is 15.5 Å². The third-order valence-corrected chi connectivity index (χ3v) is 3.81. The first-order chi connectivity index (χ1) is 10.1. The summed E-state index contributed by atoms with van der Waals surface area (Å²) in [5, 5.41) is 0.858. The summed E-state index contributed by atoms with van der Waals surface area (Å²) in [4.78, 5) is 8.90. The molecule has 0 radical (unpaired) electrons. The van der Waals surface area contributed by atoms with Gasteiger partial charge in [-0.1, -0.05) is 23.9 Å². The lowest BCUT2D eigenvalue weighted by Gasteiger charge is -2.12. The summed E-state index contributed by atoms with van der Waals surface area (Å²) in [6, 6.07) is 13.8. The molecular weight excluding hydrogens is 282 g/mol. The Hall–Kier alpha value is -2.14. The summed E-state index contributed by atoms with van der Waals surface area (Å²) >= 11 is 1.56. The van der Waals surface area contributed by atoms with Crippen molar-refractivity contribution in [3.63, 3.8) is 0 Å². The molecule has 1 heterocycles. The number of aromatic amines is 1. The van der Waals surface area contributed by atoms with E-state index in [1.807, 2.05) is 56.3 Å². The van der Waals surface area contributed by atoms with Crippen molar-refractivity contribution >= 4 is 28.5 Å². The van der Waals surface area contributed by atoms with E-state index in [0.717, 1.165) is 21.1 Å². The van der Waals surface area contributed by atoms with Crippen LogP contribution in [0.15, 0.2) is 52.5 Å². The minimum atomic E-state index is 0.0961. The van der Waals surface area contributed by atoms with Gasteiger partial charge in [-0.15, -0.1) is 0 Å². The molecule has 5 heteroatoms. The van der Waals surface area contributed by atoms with Gasteiger partial charge in [-0.3, -0.25) is 0 Å². The number of anilines is 1. The van der Waals surface area contributed by atoms with E-state index in [9.17, 15) is 0 Å². The van der Waals surface area contributed by atoms with Crippen molar-refractivity contribution in [1.29, 1.82) is 0 Å². The summed E-state index contributed by atoms with van der Waals surface area (Å²) in [6.07, 6.45) is 0.0961. The van der Waals surface area contributed by atoms with Crippen molar-refractivity contribution in [2.75, 3.05) is 5.73 Å². The number of nitrogen functional groups attached to an aromatic ring is 1. The fourth-order valence-electron chi connectivity index (χ4n) is 2.02. The Morgan fingerprint density at radius 2 is 2.00 bits per heavy atom. The molecule has 3 N–H and O–H groups in total. The Labute approximate surface area is 127 Å². The van der Waals surface area contributed by atoms with Gasteiger partial charge in [0.1, 0.15) is 5.75 Å². The summed E-state index contributed by atoms with van der Waals surface area (Å²) in [5.41, 5.74) is 8.59. The highest BCUT2D eigenvalue weighted by atomic mass is 32.2. The Bertz CT molecular complexity index is 734. The lowest BCUT2D eigenvalue weighted by molar-refractivity contribution is 0.243. The Balaban J connectivity index is 1.87. The lowest BCUT2D eigenvalue weighted by atomic mass is 10.3. The molecule has 0 bridgehead atoms. The van der Waals surface area contributed by atoms with Crippen molar-refractivity contribution in [2.45, 2.75) is 30.0 Å². The van der Waals surface area contributed by atoms with Gasteiger partial charge in [0.25, 0.3) is 0 Å². The second-order valence-corrected chi connectivity index (χ2v) is 6.09. The molecule has 0 unspecified atom stereocenters. The average Bonchev–Trinajstić information content (AvgIpc) is 2.84. The van der Waals surface area contributed by atoms with Gasteiger partial charge in [0, 0.05) is 4.90 Å². The first-order valence-corrected chi connectivity index (χ1v) is 7.62. The van der Waals surface area contributed by atoms with E-state index in [1.54, 1.807) is 11.8 Å². The molecular formula is C16H17N3OS. The predicted molar refractivity (Wildman–Crippen MR) is 86.8 cm³/mol. The fourth-order valence-corrected chi connectivity index (χ4v) is 2.85. The lowest BCUT2D eigenvalue weighted by Crippen LogP contribution is -2.07. The maximum atomic E-state index is 5.93. The quantitative estimate of drug-likeness (QED) is 0.712. The van der Waals surface area contributed by atoms with E-state index >= 15 is 0 Å². The van der Waals surface area contributed by atoms with Crippen molar-refractivity contribution in [3.8, 4) is 5.75 Å². The number of rotatable bonds is 4. The number of nitrogens with one attached hydrogen (secondary N) is 1. The van der Waals surface area contributed by atoms with Crippen LogP contribution >= 0.6 is 11.8 Å². The summed E-state index contributed by atoms with van der Waals surface area (Å²) in [6.45, 7) is 3.97. The van der Waals surface area contributed by atoms with Crippen molar-refractivity contribution in [3.05, 3.63) is 42.5 Å². The maximum absolute atomic E-state index is 5.93. The van der Waals surface area contributed by atoms with Crippen LogP contribution in [0.25, 0.3) is 11.0 Å². The Kier molecular flexibility index (Phi) is 3.75. The monoisotopic (exact) mass is 299 g/mol. The number of para-hydroxylation sites is 2. The molecule has 4 nitrogen and oxygen atoms in total. The zero-order chi connectivity index (χ0) is 14.8. The molecule has 3 aromatic rings. The molecule has 0 aliphatic carbocycles. The number of ether oxygens (including phenoxy) is 1. The highest BCUT2D eigenvalue weighted by molar-refractivity contribution is 7.99. The molecule has 0 aliphatic rings. The van der Waals surface area contributed by atoms with E-state index in [4.69, 9.17) is 10.5 Å². The number of imidazole rings is 1. The minimum Gasteiger partial charge on any atom is -0.489 e. The number of benzene rings is 2. The molecule has 0 amide bonds. The van der Waals surface area contributed by atoms with Crippen molar-refractivity contribution < 1.29 is 4.74 Å². The first kappa shape index (κ1) is 13.8. The summed E-state index contributed by atoms with van der Waals surface area (Å²) < 4.78 is 5.71. The van der Waals surface area contributed by atoms with Gasteiger partial charge in [-0.2, -0.15) is 0 Å². The molecule has 21 heavy (non-hydrogen) atoms. The molecule has 0 atom stereocenters. The molecule has 0 spiro atoms. The molecule has 0 fully saturated rings. The Morgan fingerprint density at radius 3 is 2.76 bits per heavy atom. The van der Waals surface area contributed by atoms with Gasteiger partial charge in [-0.25, -0.2) is 4.98 Å².